The van der Waals surface area contributed by atoms with Crippen molar-refractivity contribution in [2.45, 2.75) is 6.92 Å². The number of fused-ring (bicyclic) bond motifs is 2. The van der Waals surface area contributed by atoms with Crippen molar-refractivity contribution >= 4 is 27.4 Å². The summed E-state index contributed by atoms with van der Waals surface area (Å²) in [6, 6.07) is 17.8. The van der Waals surface area contributed by atoms with Gasteiger partial charge in [0.25, 0.3) is 11.2 Å². The summed E-state index contributed by atoms with van der Waals surface area (Å²) >= 11 is 0. The summed E-state index contributed by atoms with van der Waals surface area (Å²) < 4.78 is 1.53. The van der Waals surface area contributed by atoms with E-state index < -0.39 is 4.92 Å². The first-order valence-corrected chi connectivity index (χ1v) is 7.71. The van der Waals surface area contributed by atoms with Gasteiger partial charge in [0.05, 0.1) is 21.5 Å². The van der Waals surface area contributed by atoms with Gasteiger partial charge in [0.15, 0.2) is 0 Å². The molecule has 0 spiro atoms. The molecule has 0 bridgehead atoms. The van der Waals surface area contributed by atoms with E-state index in [0.717, 1.165) is 10.8 Å². The Kier molecular flexibility index (Phi) is 3.32. The van der Waals surface area contributed by atoms with Crippen molar-refractivity contribution < 1.29 is 4.92 Å². The van der Waals surface area contributed by atoms with E-state index in [1.165, 1.54) is 22.8 Å². The number of rotatable bonds is 2. The highest BCUT2D eigenvalue weighted by Gasteiger charge is 2.14. The second-order valence-electron chi connectivity index (χ2n) is 5.79. The van der Waals surface area contributed by atoms with Gasteiger partial charge in [-0.15, -0.1) is 0 Å². The molecule has 6 heteroatoms. The summed E-state index contributed by atoms with van der Waals surface area (Å²) in [5.74, 6) is 0.480. The average Bonchev–Trinajstić information content (AvgIpc) is 2.61. The van der Waals surface area contributed by atoms with Gasteiger partial charge in [-0.25, -0.2) is 4.98 Å². The molecule has 25 heavy (non-hydrogen) atoms. The highest BCUT2D eigenvalue weighted by atomic mass is 16.6. The lowest BCUT2D eigenvalue weighted by Gasteiger charge is -2.11. The van der Waals surface area contributed by atoms with E-state index in [9.17, 15) is 14.9 Å². The van der Waals surface area contributed by atoms with E-state index in [4.69, 9.17) is 0 Å². The molecule has 6 nitrogen and oxygen atoms in total. The summed E-state index contributed by atoms with van der Waals surface area (Å²) in [5.41, 5.74) is 0.720. The Balaban J connectivity index is 1.99. The minimum absolute atomic E-state index is 0.0812. The zero-order chi connectivity index (χ0) is 17.6. The number of nitro benzene ring substituents is 1. The number of nitro groups is 1. The number of non-ortho nitro benzene ring substituents is 1. The van der Waals surface area contributed by atoms with Crippen LogP contribution in [-0.2, 0) is 0 Å². The summed E-state index contributed by atoms with van der Waals surface area (Å²) in [6.07, 6.45) is 0. The second kappa shape index (κ2) is 5.52. The van der Waals surface area contributed by atoms with Crippen molar-refractivity contribution in [2.24, 2.45) is 0 Å². The van der Waals surface area contributed by atoms with Crippen LogP contribution in [0.3, 0.4) is 0 Å². The fourth-order valence-electron chi connectivity index (χ4n) is 3.02. The molecule has 0 radical (unpaired) electrons. The Morgan fingerprint density at radius 3 is 2.52 bits per heavy atom. The smallest absolute Gasteiger partial charge is 0.268 e. The Bertz CT molecular complexity index is 1210. The maximum Gasteiger partial charge on any atom is 0.271 e. The van der Waals surface area contributed by atoms with Gasteiger partial charge < -0.3 is 0 Å². The summed E-state index contributed by atoms with van der Waals surface area (Å²) in [4.78, 5) is 27.7. The van der Waals surface area contributed by atoms with Gasteiger partial charge in [-0.1, -0.05) is 30.3 Å². The zero-order valence-electron chi connectivity index (χ0n) is 13.3. The molecule has 0 N–H and O–H groups in total. The van der Waals surface area contributed by atoms with Crippen LogP contribution in [0.15, 0.2) is 65.5 Å². The van der Waals surface area contributed by atoms with Gasteiger partial charge in [0.2, 0.25) is 0 Å². The van der Waals surface area contributed by atoms with Crippen molar-refractivity contribution in [2.75, 3.05) is 0 Å². The normalized spacial score (nSPS) is 11.1. The molecule has 1 heterocycles. The van der Waals surface area contributed by atoms with Crippen molar-refractivity contribution in [1.29, 1.82) is 0 Å². The van der Waals surface area contributed by atoms with Crippen LogP contribution in [0, 0.1) is 17.0 Å². The third-order valence-corrected chi connectivity index (χ3v) is 4.22. The number of hydrogen-bond donors (Lipinski definition) is 0. The largest absolute Gasteiger partial charge is 0.271 e. The lowest BCUT2D eigenvalue weighted by atomic mass is 10.1. The molecule has 0 fully saturated rings. The molecule has 3 aromatic carbocycles. The Labute approximate surface area is 142 Å². The van der Waals surface area contributed by atoms with Gasteiger partial charge in [-0.3, -0.25) is 19.5 Å². The Hall–Kier alpha value is -3.54. The molecular weight excluding hydrogens is 318 g/mol. The van der Waals surface area contributed by atoms with Crippen molar-refractivity contribution in [1.82, 2.24) is 9.55 Å². The third-order valence-electron chi connectivity index (χ3n) is 4.22. The molecule has 0 amide bonds. The highest BCUT2D eigenvalue weighted by Crippen LogP contribution is 2.21. The lowest BCUT2D eigenvalue weighted by Crippen LogP contribution is -2.22. The van der Waals surface area contributed by atoms with E-state index >= 15 is 0 Å². The lowest BCUT2D eigenvalue weighted by molar-refractivity contribution is -0.384. The first-order chi connectivity index (χ1) is 12.0. The van der Waals surface area contributed by atoms with Crippen LogP contribution in [0.1, 0.15) is 5.82 Å². The fraction of sp³-hybridized carbons (Fsp3) is 0.0526. The monoisotopic (exact) mass is 331 g/mol. The number of hydrogen-bond acceptors (Lipinski definition) is 4. The van der Waals surface area contributed by atoms with E-state index in [-0.39, 0.29) is 11.2 Å². The maximum atomic E-state index is 12.9. The first-order valence-electron chi connectivity index (χ1n) is 7.71. The summed E-state index contributed by atoms with van der Waals surface area (Å²) in [6.45, 7) is 1.72. The van der Waals surface area contributed by atoms with Crippen LogP contribution < -0.4 is 5.56 Å². The van der Waals surface area contributed by atoms with Crippen LogP contribution in [-0.4, -0.2) is 14.5 Å². The maximum absolute atomic E-state index is 12.9. The standard InChI is InChI=1S/C19H13N3O3/c1-12-20-18-11-16(22(24)25)8-9-17(18)19(23)21(12)15-7-6-13-4-2-3-5-14(13)10-15/h2-11H,1H3. The molecular formula is C19H13N3O3. The van der Waals surface area contributed by atoms with E-state index in [2.05, 4.69) is 4.98 Å². The Morgan fingerprint density at radius 2 is 1.76 bits per heavy atom. The van der Waals surface area contributed by atoms with E-state index in [0.29, 0.717) is 22.4 Å². The topological polar surface area (TPSA) is 78.0 Å². The van der Waals surface area contributed by atoms with Crippen LogP contribution in [0.5, 0.6) is 0 Å². The van der Waals surface area contributed by atoms with E-state index in [1.807, 2.05) is 42.5 Å². The van der Waals surface area contributed by atoms with Gasteiger partial charge in [0.1, 0.15) is 5.82 Å². The number of aryl methyl sites for hydroxylation is 1. The number of aromatic nitrogens is 2. The number of benzene rings is 3. The van der Waals surface area contributed by atoms with Crippen LogP contribution in [0.4, 0.5) is 5.69 Å². The van der Waals surface area contributed by atoms with Crippen LogP contribution in [0.2, 0.25) is 0 Å². The van der Waals surface area contributed by atoms with Crippen LogP contribution >= 0.6 is 0 Å². The molecule has 0 aliphatic carbocycles. The number of nitrogens with zero attached hydrogens (tertiary/aromatic N) is 3. The van der Waals surface area contributed by atoms with Gasteiger partial charge in [-0.2, -0.15) is 0 Å². The average molecular weight is 331 g/mol. The van der Waals surface area contributed by atoms with Crippen molar-refractivity contribution in [3.63, 3.8) is 0 Å². The molecule has 122 valence electrons. The molecule has 0 atom stereocenters. The van der Waals surface area contributed by atoms with Gasteiger partial charge >= 0.3 is 0 Å². The molecule has 4 rings (SSSR count). The van der Waals surface area contributed by atoms with Crippen LogP contribution in [0.25, 0.3) is 27.4 Å². The molecule has 0 saturated heterocycles. The quantitative estimate of drug-likeness (QED) is 0.414. The molecule has 0 aliphatic heterocycles. The fourth-order valence-corrected chi connectivity index (χ4v) is 3.02. The van der Waals surface area contributed by atoms with E-state index in [1.54, 1.807) is 6.92 Å². The predicted molar refractivity (Wildman–Crippen MR) is 96.2 cm³/mol. The van der Waals surface area contributed by atoms with Crippen molar-refractivity contribution in [3.8, 4) is 5.69 Å². The minimum Gasteiger partial charge on any atom is -0.268 e. The minimum atomic E-state index is -0.495. The molecule has 0 saturated carbocycles. The second-order valence-corrected chi connectivity index (χ2v) is 5.79. The predicted octanol–water partition coefficient (Wildman–Crippen LogP) is 3.76. The first kappa shape index (κ1) is 15.0. The highest BCUT2D eigenvalue weighted by molar-refractivity contribution is 5.85. The third kappa shape index (κ3) is 2.44. The summed E-state index contributed by atoms with van der Waals surface area (Å²) in [5, 5.41) is 13.4. The molecule has 1 aromatic heterocycles. The van der Waals surface area contributed by atoms with Gasteiger partial charge in [0, 0.05) is 12.1 Å². The molecule has 4 aromatic rings. The van der Waals surface area contributed by atoms with Crippen molar-refractivity contribution in [3.05, 3.63) is 87.0 Å². The molecule has 0 unspecified atom stereocenters. The zero-order valence-corrected chi connectivity index (χ0v) is 13.3. The summed E-state index contributed by atoms with van der Waals surface area (Å²) in [7, 11) is 0. The SMILES string of the molecule is Cc1nc2cc([N+](=O)[O-])ccc2c(=O)n1-c1ccc2ccccc2c1. The van der Waals surface area contributed by atoms with Gasteiger partial charge in [-0.05, 0) is 35.9 Å². The molecule has 0 aliphatic rings. The Morgan fingerprint density at radius 1 is 1.00 bits per heavy atom.